The number of carbonyl (C=O) groups is 1. The van der Waals surface area contributed by atoms with Gasteiger partial charge in [-0.25, -0.2) is 15.8 Å². The smallest absolute Gasteiger partial charge is 0.234 e. The van der Waals surface area contributed by atoms with Crippen LogP contribution in [0, 0.1) is 6.92 Å². The van der Waals surface area contributed by atoms with Gasteiger partial charge in [0.25, 0.3) is 0 Å². The number of hydrogen-bond donors (Lipinski definition) is 3. The largest absolute Gasteiger partial charge is 0.355 e. The molecule has 0 bridgehead atoms. The molecule has 18 heavy (non-hydrogen) atoms. The Morgan fingerprint density at radius 2 is 2.39 bits per heavy atom. The predicted molar refractivity (Wildman–Crippen MR) is 67.5 cm³/mol. The standard InChI is InChI=1S/C11H18N6O/c1-8-5-9(16-12)15-10(14-8)6-17-4-2-3-13-11(18)7-17/h5H,2-4,6-7,12H2,1H3,(H,13,18)(H,14,15,16). The normalized spacial score (nSPS) is 17.1. The highest BCUT2D eigenvalue weighted by Gasteiger charge is 2.16. The Labute approximate surface area is 106 Å². The first kappa shape index (κ1) is 12.7. The van der Waals surface area contributed by atoms with Gasteiger partial charge in [-0.1, -0.05) is 0 Å². The number of nitrogens with zero attached hydrogens (tertiary/aromatic N) is 3. The van der Waals surface area contributed by atoms with Crippen LogP contribution >= 0.6 is 0 Å². The Balaban J connectivity index is 2.07. The lowest BCUT2D eigenvalue weighted by Gasteiger charge is -2.17. The van der Waals surface area contributed by atoms with Crippen LogP contribution in [0.4, 0.5) is 5.82 Å². The van der Waals surface area contributed by atoms with Crippen molar-refractivity contribution in [2.24, 2.45) is 5.84 Å². The highest BCUT2D eigenvalue weighted by molar-refractivity contribution is 5.78. The van der Waals surface area contributed by atoms with Gasteiger partial charge in [-0.3, -0.25) is 9.69 Å². The van der Waals surface area contributed by atoms with Gasteiger partial charge < -0.3 is 10.7 Å². The molecule has 98 valence electrons. The second-order valence-electron chi connectivity index (χ2n) is 4.37. The van der Waals surface area contributed by atoms with E-state index in [1.165, 1.54) is 0 Å². The van der Waals surface area contributed by atoms with Gasteiger partial charge in [0.1, 0.15) is 11.6 Å². The molecule has 0 saturated carbocycles. The summed E-state index contributed by atoms with van der Waals surface area (Å²) in [5.41, 5.74) is 3.37. The molecule has 0 unspecified atom stereocenters. The maximum Gasteiger partial charge on any atom is 0.234 e. The molecule has 0 aromatic carbocycles. The lowest BCUT2D eigenvalue weighted by Crippen LogP contribution is -2.33. The third-order valence-corrected chi connectivity index (χ3v) is 2.75. The fraction of sp³-hybridized carbons (Fsp3) is 0.545. The van der Waals surface area contributed by atoms with Gasteiger partial charge in [0.05, 0.1) is 13.1 Å². The molecule has 1 amide bonds. The van der Waals surface area contributed by atoms with Gasteiger partial charge in [0, 0.05) is 24.8 Å². The van der Waals surface area contributed by atoms with E-state index in [2.05, 4.69) is 20.7 Å². The first-order valence-corrected chi connectivity index (χ1v) is 5.97. The van der Waals surface area contributed by atoms with E-state index in [1.807, 2.05) is 11.8 Å². The van der Waals surface area contributed by atoms with Gasteiger partial charge in [0.15, 0.2) is 0 Å². The predicted octanol–water partition coefficient (Wildman–Crippen LogP) is -0.607. The summed E-state index contributed by atoms with van der Waals surface area (Å²) < 4.78 is 0. The number of aryl methyl sites for hydroxylation is 1. The summed E-state index contributed by atoms with van der Waals surface area (Å²) in [5, 5.41) is 2.84. The third-order valence-electron chi connectivity index (χ3n) is 2.75. The summed E-state index contributed by atoms with van der Waals surface area (Å²) in [6.45, 7) is 4.44. The quantitative estimate of drug-likeness (QED) is 0.489. The molecule has 2 rings (SSSR count). The SMILES string of the molecule is Cc1cc(NN)nc(CN2CCCNC(=O)C2)n1. The van der Waals surface area contributed by atoms with Crippen LogP contribution in [0.3, 0.4) is 0 Å². The first-order valence-electron chi connectivity index (χ1n) is 5.97. The summed E-state index contributed by atoms with van der Waals surface area (Å²) >= 11 is 0. The van der Waals surface area contributed by atoms with Crippen LogP contribution < -0.4 is 16.6 Å². The van der Waals surface area contributed by atoms with Crippen molar-refractivity contribution in [3.8, 4) is 0 Å². The number of carbonyl (C=O) groups excluding carboxylic acids is 1. The van der Waals surface area contributed by atoms with Gasteiger partial charge in [-0.05, 0) is 13.3 Å². The molecule has 7 nitrogen and oxygen atoms in total. The number of hydrogen-bond acceptors (Lipinski definition) is 6. The number of anilines is 1. The van der Waals surface area contributed by atoms with Gasteiger partial charge >= 0.3 is 0 Å². The number of aromatic nitrogens is 2. The molecule has 1 aliphatic heterocycles. The monoisotopic (exact) mass is 250 g/mol. The van der Waals surface area contributed by atoms with Crippen LogP contribution in [0.15, 0.2) is 6.07 Å². The van der Waals surface area contributed by atoms with E-state index in [-0.39, 0.29) is 5.91 Å². The molecule has 4 N–H and O–H groups in total. The summed E-state index contributed by atoms with van der Waals surface area (Å²) in [4.78, 5) is 22.1. The van der Waals surface area contributed by atoms with Crippen LogP contribution in [0.1, 0.15) is 17.9 Å². The molecule has 7 heteroatoms. The van der Waals surface area contributed by atoms with Gasteiger partial charge in [-0.15, -0.1) is 0 Å². The van der Waals surface area contributed by atoms with E-state index in [1.54, 1.807) is 6.07 Å². The van der Waals surface area contributed by atoms with Crippen LogP contribution in [-0.4, -0.2) is 40.4 Å². The molecule has 0 aliphatic carbocycles. The Morgan fingerprint density at radius 3 is 3.17 bits per heavy atom. The number of nitrogens with one attached hydrogen (secondary N) is 2. The van der Waals surface area contributed by atoms with Crippen molar-refractivity contribution in [2.45, 2.75) is 19.9 Å². The van der Waals surface area contributed by atoms with Crippen molar-refractivity contribution < 1.29 is 4.79 Å². The minimum Gasteiger partial charge on any atom is -0.355 e. The average molecular weight is 250 g/mol. The maximum absolute atomic E-state index is 11.4. The zero-order valence-corrected chi connectivity index (χ0v) is 10.4. The van der Waals surface area contributed by atoms with E-state index in [4.69, 9.17) is 5.84 Å². The summed E-state index contributed by atoms with van der Waals surface area (Å²) in [6, 6.07) is 1.78. The lowest BCUT2D eigenvalue weighted by molar-refractivity contribution is -0.121. The summed E-state index contributed by atoms with van der Waals surface area (Å²) in [5.74, 6) is 6.68. The second kappa shape index (κ2) is 5.74. The molecular formula is C11H18N6O. The average Bonchev–Trinajstić information content (AvgIpc) is 2.52. The lowest BCUT2D eigenvalue weighted by atomic mass is 10.3. The second-order valence-corrected chi connectivity index (χ2v) is 4.37. The molecular weight excluding hydrogens is 232 g/mol. The number of amides is 1. The molecule has 1 aromatic heterocycles. The Hall–Kier alpha value is -1.73. The summed E-state index contributed by atoms with van der Waals surface area (Å²) in [6.07, 6.45) is 0.944. The molecule has 1 aliphatic rings. The minimum absolute atomic E-state index is 0.0531. The molecule has 0 spiro atoms. The number of rotatable bonds is 3. The van der Waals surface area contributed by atoms with E-state index < -0.39 is 0 Å². The number of nitrogen functional groups attached to an aromatic ring is 1. The minimum atomic E-state index is 0.0531. The van der Waals surface area contributed by atoms with Crippen molar-refractivity contribution in [1.29, 1.82) is 0 Å². The maximum atomic E-state index is 11.4. The molecule has 1 fully saturated rings. The van der Waals surface area contributed by atoms with E-state index in [9.17, 15) is 4.79 Å². The van der Waals surface area contributed by atoms with Crippen LogP contribution in [0.25, 0.3) is 0 Å². The van der Waals surface area contributed by atoms with Crippen molar-refractivity contribution in [3.05, 3.63) is 17.6 Å². The molecule has 2 heterocycles. The van der Waals surface area contributed by atoms with E-state index >= 15 is 0 Å². The van der Waals surface area contributed by atoms with E-state index in [0.717, 1.165) is 25.2 Å². The van der Waals surface area contributed by atoms with Crippen LogP contribution in [-0.2, 0) is 11.3 Å². The number of hydrazine groups is 1. The zero-order chi connectivity index (χ0) is 13.0. The van der Waals surface area contributed by atoms with Crippen molar-refractivity contribution in [1.82, 2.24) is 20.2 Å². The number of nitrogens with two attached hydrogens (primary N) is 1. The zero-order valence-electron chi connectivity index (χ0n) is 10.4. The highest BCUT2D eigenvalue weighted by Crippen LogP contribution is 2.08. The van der Waals surface area contributed by atoms with Gasteiger partial charge in [0.2, 0.25) is 5.91 Å². The van der Waals surface area contributed by atoms with Gasteiger partial charge in [-0.2, -0.15) is 0 Å². The molecule has 0 radical (unpaired) electrons. The molecule has 1 aromatic rings. The molecule has 1 saturated heterocycles. The third kappa shape index (κ3) is 3.38. The topological polar surface area (TPSA) is 96.2 Å². The fourth-order valence-corrected chi connectivity index (χ4v) is 1.98. The van der Waals surface area contributed by atoms with E-state index in [0.29, 0.717) is 24.7 Å². The van der Waals surface area contributed by atoms with Crippen molar-refractivity contribution in [2.75, 3.05) is 25.1 Å². The van der Waals surface area contributed by atoms with Crippen molar-refractivity contribution in [3.63, 3.8) is 0 Å². The Bertz CT molecular complexity index is 436. The Morgan fingerprint density at radius 1 is 1.56 bits per heavy atom. The highest BCUT2D eigenvalue weighted by atomic mass is 16.2. The van der Waals surface area contributed by atoms with Crippen LogP contribution in [0.2, 0.25) is 0 Å². The Kier molecular flexibility index (Phi) is 4.06. The first-order chi connectivity index (χ1) is 8.67. The molecule has 0 atom stereocenters. The van der Waals surface area contributed by atoms with Crippen LogP contribution in [0.5, 0.6) is 0 Å². The van der Waals surface area contributed by atoms with Crippen molar-refractivity contribution >= 4 is 11.7 Å². The summed E-state index contributed by atoms with van der Waals surface area (Å²) in [7, 11) is 0. The fourth-order valence-electron chi connectivity index (χ4n) is 1.98.